The van der Waals surface area contributed by atoms with E-state index in [1.165, 1.54) is 0 Å². The van der Waals surface area contributed by atoms with Crippen molar-refractivity contribution in [3.63, 3.8) is 0 Å². The molecule has 0 saturated carbocycles. The highest BCUT2D eigenvalue weighted by Gasteiger charge is 2.19. The van der Waals surface area contributed by atoms with E-state index in [1.54, 1.807) is 0 Å². The zero-order valence-corrected chi connectivity index (χ0v) is 9.30. The lowest BCUT2D eigenvalue weighted by Gasteiger charge is -2.30. The Hall–Kier alpha value is -1.53. The lowest BCUT2D eigenvalue weighted by Crippen LogP contribution is -2.38. The highest BCUT2D eigenvalue weighted by molar-refractivity contribution is 5.21. The highest BCUT2D eigenvalue weighted by Crippen LogP contribution is 2.18. The maximum absolute atomic E-state index is 8.60. The Morgan fingerprint density at radius 2 is 1.94 bits per heavy atom. The molecule has 0 radical (unpaired) electrons. The molecule has 1 heterocycles. The Kier molecular flexibility index (Phi) is 3.79. The molecule has 0 aromatic heterocycles. The normalized spacial score (nSPS) is 17.9. The Balaban J connectivity index is 1.80. The van der Waals surface area contributed by atoms with Crippen LogP contribution in [0.5, 0.6) is 5.75 Å². The average Bonchev–Trinajstić information content (AvgIpc) is 2.33. The van der Waals surface area contributed by atoms with Crippen LogP contribution in [0.4, 0.5) is 0 Å². The van der Waals surface area contributed by atoms with Gasteiger partial charge in [-0.15, -0.1) is 0 Å². The first kappa shape index (κ1) is 11.0. The van der Waals surface area contributed by atoms with Gasteiger partial charge in [-0.2, -0.15) is 5.26 Å². The third-order valence-electron chi connectivity index (χ3n) is 2.87. The molecule has 0 spiro atoms. The number of nitriles is 1. The van der Waals surface area contributed by atoms with Crippen LogP contribution in [-0.4, -0.2) is 30.6 Å². The summed E-state index contributed by atoms with van der Waals surface area (Å²) in [5.41, 5.74) is 0. The highest BCUT2D eigenvalue weighted by atomic mass is 16.5. The SMILES string of the molecule is N#CCN1CCC(Oc2ccccc2)CC1. The van der Waals surface area contributed by atoms with Crippen LogP contribution in [0.2, 0.25) is 0 Å². The summed E-state index contributed by atoms with van der Waals surface area (Å²) in [6, 6.07) is 12.1. The van der Waals surface area contributed by atoms with Gasteiger partial charge in [0, 0.05) is 13.1 Å². The molecule has 16 heavy (non-hydrogen) atoms. The number of nitrogens with zero attached hydrogens (tertiary/aromatic N) is 2. The summed E-state index contributed by atoms with van der Waals surface area (Å²) < 4.78 is 5.87. The van der Waals surface area contributed by atoms with Crippen molar-refractivity contribution in [2.45, 2.75) is 18.9 Å². The Labute approximate surface area is 96.2 Å². The number of hydrogen-bond donors (Lipinski definition) is 0. The van der Waals surface area contributed by atoms with E-state index in [0.29, 0.717) is 12.6 Å². The fraction of sp³-hybridized carbons (Fsp3) is 0.462. The molecule has 3 nitrogen and oxygen atoms in total. The van der Waals surface area contributed by atoms with Gasteiger partial charge in [-0.05, 0) is 25.0 Å². The summed E-state index contributed by atoms with van der Waals surface area (Å²) >= 11 is 0. The molecule has 0 atom stereocenters. The van der Waals surface area contributed by atoms with Gasteiger partial charge >= 0.3 is 0 Å². The molecule has 0 bridgehead atoms. The number of para-hydroxylation sites is 1. The van der Waals surface area contributed by atoms with Gasteiger partial charge in [-0.25, -0.2) is 0 Å². The predicted octanol–water partition coefficient (Wildman–Crippen LogP) is 2.05. The van der Waals surface area contributed by atoms with Gasteiger partial charge in [0.25, 0.3) is 0 Å². The van der Waals surface area contributed by atoms with E-state index in [0.717, 1.165) is 31.7 Å². The number of piperidine rings is 1. The van der Waals surface area contributed by atoms with Crippen molar-refractivity contribution in [1.82, 2.24) is 4.90 Å². The minimum absolute atomic E-state index is 0.303. The first-order valence-corrected chi connectivity index (χ1v) is 5.69. The average molecular weight is 216 g/mol. The Morgan fingerprint density at radius 3 is 2.56 bits per heavy atom. The Bertz CT molecular complexity index is 350. The molecule has 2 rings (SSSR count). The van der Waals surface area contributed by atoms with Crippen LogP contribution in [0, 0.1) is 11.3 Å². The van der Waals surface area contributed by atoms with Gasteiger partial charge in [-0.1, -0.05) is 18.2 Å². The van der Waals surface area contributed by atoms with E-state index in [1.807, 2.05) is 30.3 Å². The standard InChI is InChI=1S/C13H16N2O/c14-8-11-15-9-6-13(7-10-15)16-12-4-2-1-3-5-12/h1-5,13H,6-7,9-11H2. The largest absolute Gasteiger partial charge is 0.490 e. The molecule has 1 fully saturated rings. The van der Waals surface area contributed by atoms with Crippen LogP contribution in [0.25, 0.3) is 0 Å². The summed E-state index contributed by atoms with van der Waals surface area (Å²) in [5, 5.41) is 8.60. The van der Waals surface area contributed by atoms with Gasteiger partial charge in [0.05, 0.1) is 12.6 Å². The number of rotatable bonds is 3. The van der Waals surface area contributed by atoms with Gasteiger partial charge in [0.15, 0.2) is 0 Å². The second kappa shape index (κ2) is 5.53. The number of benzene rings is 1. The fourth-order valence-corrected chi connectivity index (χ4v) is 1.98. The topological polar surface area (TPSA) is 36.3 Å². The van der Waals surface area contributed by atoms with Crippen molar-refractivity contribution in [2.24, 2.45) is 0 Å². The van der Waals surface area contributed by atoms with Crippen LogP contribution in [0.3, 0.4) is 0 Å². The minimum Gasteiger partial charge on any atom is -0.490 e. The quantitative estimate of drug-likeness (QED) is 0.725. The molecule has 1 aromatic carbocycles. The molecule has 1 aliphatic rings. The van der Waals surface area contributed by atoms with E-state index in [4.69, 9.17) is 10.00 Å². The van der Waals surface area contributed by atoms with Crippen molar-refractivity contribution < 1.29 is 4.74 Å². The third kappa shape index (κ3) is 2.98. The molecule has 3 heteroatoms. The monoisotopic (exact) mass is 216 g/mol. The van der Waals surface area contributed by atoms with Gasteiger partial charge in [-0.3, -0.25) is 4.90 Å². The molecule has 0 aliphatic carbocycles. The van der Waals surface area contributed by atoms with Crippen molar-refractivity contribution in [2.75, 3.05) is 19.6 Å². The summed E-state index contributed by atoms with van der Waals surface area (Å²) in [6.07, 6.45) is 2.32. The second-order valence-electron chi connectivity index (χ2n) is 4.06. The Morgan fingerprint density at radius 1 is 1.25 bits per heavy atom. The second-order valence-corrected chi connectivity index (χ2v) is 4.06. The number of ether oxygens (including phenoxy) is 1. The van der Waals surface area contributed by atoms with Crippen molar-refractivity contribution in [1.29, 1.82) is 5.26 Å². The van der Waals surface area contributed by atoms with Gasteiger partial charge in [0.1, 0.15) is 11.9 Å². The van der Waals surface area contributed by atoms with E-state index < -0.39 is 0 Å². The fourth-order valence-electron chi connectivity index (χ4n) is 1.98. The van der Waals surface area contributed by atoms with Crippen LogP contribution >= 0.6 is 0 Å². The molecule has 1 saturated heterocycles. The predicted molar refractivity (Wildman–Crippen MR) is 62.1 cm³/mol. The first-order valence-electron chi connectivity index (χ1n) is 5.69. The van der Waals surface area contributed by atoms with Crippen LogP contribution in [0.15, 0.2) is 30.3 Å². The van der Waals surface area contributed by atoms with Crippen LogP contribution < -0.4 is 4.74 Å². The molecule has 0 unspecified atom stereocenters. The van der Waals surface area contributed by atoms with Crippen LogP contribution in [-0.2, 0) is 0 Å². The lowest BCUT2D eigenvalue weighted by molar-refractivity contribution is 0.108. The molecule has 0 N–H and O–H groups in total. The molecule has 0 amide bonds. The zero-order valence-electron chi connectivity index (χ0n) is 9.30. The number of likely N-dealkylation sites (tertiary alicyclic amines) is 1. The van der Waals surface area contributed by atoms with E-state index >= 15 is 0 Å². The summed E-state index contributed by atoms with van der Waals surface area (Å²) in [7, 11) is 0. The van der Waals surface area contributed by atoms with Crippen LogP contribution in [0.1, 0.15) is 12.8 Å². The molecule has 84 valence electrons. The van der Waals surface area contributed by atoms with Crippen molar-refractivity contribution in [3.8, 4) is 11.8 Å². The third-order valence-corrected chi connectivity index (χ3v) is 2.87. The summed E-state index contributed by atoms with van der Waals surface area (Å²) in [5.74, 6) is 0.946. The maximum atomic E-state index is 8.60. The molecular formula is C13H16N2O. The van der Waals surface area contributed by atoms with E-state index in [-0.39, 0.29) is 0 Å². The minimum atomic E-state index is 0.303. The van der Waals surface area contributed by atoms with Crippen molar-refractivity contribution >= 4 is 0 Å². The van der Waals surface area contributed by atoms with Gasteiger partial charge < -0.3 is 4.74 Å². The first-order chi connectivity index (χ1) is 7.88. The molecule has 1 aliphatic heterocycles. The smallest absolute Gasteiger partial charge is 0.119 e. The van der Waals surface area contributed by atoms with Gasteiger partial charge in [0.2, 0.25) is 0 Å². The maximum Gasteiger partial charge on any atom is 0.119 e. The summed E-state index contributed by atoms with van der Waals surface area (Å²) in [4.78, 5) is 2.17. The zero-order chi connectivity index (χ0) is 11.2. The van der Waals surface area contributed by atoms with Crippen molar-refractivity contribution in [3.05, 3.63) is 30.3 Å². The van der Waals surface area contributed by atoms with E-state index in [2.05, 4.69) is 11.0 Å². The van der Waals surface area contributed by atoms with E-state index in [9.17, 15) is 0 Å². The number of hydrogen-bond acceptors (Lipinski definition) is 3. The summed E-state index contributed by atoms with van der Waals surface area (Å²) in [6.45, 7) is 2.47. The molecule has 1 aromatic rings. The molecular weight excluding hydrogens is 200 g/mol. The lowest BCUT2D eigenvalue weighted by atomic mass is 10.1.